The van der Waals surface area contributed by atoms with Crippen molar-refractivity contribution < 1.29 is 14.3 Å². The smallest absolute Gasteiger partial charge is 0.409 e. The standard InChI is InChI=1S/C11H21N3O3/c1-9(2)12-10(15)8-13-4-6-14(7-5-13)11(16)17-3/h9H,4-8H2,1-3H3,(H,12,15). The maximum atomic E-state index is 11.5. The van der Waals surface area contributed by atoms with E-state index in [1.807, 2.05) is 18.7 Å². The number of piperazine rings is 1. The number of amides is 2. The Morgan fingerprint density at radius 2 is 1.82 bits per heavy atom. The predicted molar refractivity (Wildman–Crippen MR) is 63.7 cm³/mol. The van der Waals surface area contributed by atoms with Gasteiger partial charge in [0.25, 0.3) is 0 Å². The van der Waals surface area contributed by atoms with E-state index in [2.05, 4.69) is 10.1 Å². The van der Waals surface area contributed by atoms with Crippen molar-refractivity contribution in [2.24, 2.45) is 0 Å². The zero-order valence-electron chi connectivity index (χ0n) is 10.7. The number of rotatable bonds is 3. The predicted octanol–water partition coefficient (Wildman–Crippen LogP) is -0.105. The van der Waals surface area contributed by atoms with Gasteiger partial charge in [-0.25, -0.2) is 4.79 Å². The number of carbonyl (C=O) groups is 2. The SMILES string of the molecule is COC(=O)N1CCN(CC(=O)NC(C)C)CC1. The lowest BCUT2D eigenvalue weighted by atomic mass is 10.3. The molecule has 0 aromatic heterocycles. The van der Waals surface area contributed by atoms with Crippen LogP contribution >= 0.6 is 0 Å². The van der Waals surface area contributed by atoms with E-state index in [4.69, 9.17) is 0 Å². The summed E-state index contributed by atoms with van der Waals surface area (Å²) in [4.78, 5) is 26.5. The normalized spacial score (nSPS) is 17.1. The molecular weight excluding hydrogens is 222 g/mol. The number of carbonyl (C=O) groups excluding carboxylic acids is 2. The van der Waals surface area contributed by atoms with E-state index < -0.39 is 0 Å². The molecule has 0 bridgehead atoms. The van der Waals surface area contributed by atoms with E-state index in [-0.39, 0.29) is 18.0 Å². The van der Waals surface area contributed by atoms with Crippen LogP contribution in [-0.4, -0.2) is 67.7 Å². The van der Waals surface area contributed by atoms with Gasteiger partial charge in [-0.3, -0.25) is 9.69 Å². The van der Waals surface area contributed by atoms with Crippen LogP contribution in [0.1, 0.15) is 13.8 Å². The molecule has 1 fully saturated rings. The number of nitrogens with one attached hydrogen (secondary N) is 1. The van der Waals surface area contributed by atoms with E-state index in [0.717, 1.165) is 0 Å². The van der Waals surface area contributed by atoms with Gasteiger partial charge in [0.2, 0.25) is 5.91 Å². The second kappa shape index (κ2) is 6.44. The fourth-order valence-electron chi connectivity index (χ4n) is 1.79. The Morgan fingerprint density at radius 3 is 2.29 bits per heavy atom. The van der Waals surface area contributed by atoms with Crippen LogP contribution in [0.5, 0.6) is 0 Å². The molecule has 0 aliphatic carbocycles. The Balaban J connectivity index is 2.27. The van der Waals surface area contributed by atoms with Gasteiger partial charge in [-0.1, -0.05) is 0 Å². The topological polar surface area (TPSA) is 61.9 Å². The van der Waals surface area contributed by atoms with Crippen molar-refractivity contribution >= 4 is 12.0 Å². The van der Waals surface area contributed by atoms with Crippen molar-refractivity contribution in [2.45, 2.75) is 19.9 Å². The van der Waals surface area contributed by atoms with E-state index in [1.165, 1.54) is 7.11 Å². The minimum atomic E-state index is -0.295. The van der Waals surface area contributed by atoms with Crippen molar-refractivity contribution in [2.75, 3.05) is 39.8 Å². The molecule has 2 amide bonds. The summed E-state index contributed by atoms with van der Waals surface area (Å²) in [6.45, 7) is 6.91. The molecule has 98 valence electrons. The highest BCUT2D eigenvalue weighted by molar-refractivity contribution is 5.78. The lowest BCUT2D eigenvalue weighted by Crippen LogP contribution is -2.51. The maximum Gasteiger partial charge on any atom is 0.409 e. The third-order valence-corrected chi connectivity index (χ3v) is 2.62. The van der Waals surface area contributed by atoms with Gasteiger partial charge in [0.15, 0.2) is 0 Å². The molecule has 1 rings (SSSR count). The Morgan fingerprint density at radius 1 is 1.24 bits per heavy atom. The number of nitrogens with zero attached hydrogens (tertiary/aromatic N) is 2. The Kier molecular flexibility index (Phi) is 5.21. The Bertz CT molecular complexity index is 273. The molecule has 6 nitrogen and oxygen atoms in total. The van der Waals surface area contributed by atoms with Crippen LogP contribution in [0.2, 0.25) is 0 Å². The average molecular weight is 243 g/mol. The molecule has 0 aromatic carbocycles. The summed E-state index contributed by atoms with van der Waals surface area (Å²) in [6.07, 6.45) is -0.295. The van der Waals surface area contributed by atoms with Crippen molar-refractivity contribution in [1.29, 1.82) is 0 Å². The number of hydrogen-bond donors (Lipinski definition) is 1. The zero-order valence-corrected chi connectivity index (χ0v) is 10.7. The summed E-state index contributed by atoms with van der Waals surface area (Å²) in [7, 11) is 1.38. The fourth-order valence-corrected chi connectivity index (χ4v) is 1.79. The first-order valence-corrected chi connectivity index (χ1v) is 5.87. The van der Waals surface area contributed by atoms with Gasteiger partial charge < -0.3 is 15.0 Å². The molecular formula is C11H21N3O3. The van der Waals surface area contributed by atoms with Gasteiger partial charge in [-0.15, -0.1) is 0 Å². The molecule has 0 aromatic rings. The second-order valence-electron chi connectivity index (χ2n) is 4.46. The largest absolute Gasteiger partial charge is 0.453 e. The van der Waals surface area contributed by atoms with Crippen LogP contribution in [0, 0.1) is 0 Å². The number of methoxy groups -OCH3 is 1. The summed E-state index contributed by atoms with van der Waals surface area (Å²) in [5.74, 6) is 0.0338. The molecule has 0 unspecified atom stereocenters. The van der Waals surface area contributed by atoms with Gasteiger partial charge in [-0.2, -0.15) is 0 Å². The van der Waals surface area contributed by atoms with Crippen molar-refractivity contribution in [3.05, 3.63) is 0 Å². The molecule has 0 atom stereocenters. The van der Waals surface area contributed by atoms with Crippen LogP contribution in [0.3, 0.4) is 0 Å². The van der Waals surface area contributed by atoms with Crippen LogP contribution in [0.25, 0.3) is 0 Å². The molecule has 1 aliphatic heterocycles. The first kappa shape index (κ1) is 13.8. The molecule has 1 saturated heterocycles. The number of ether oxygens (including phenoxy) is 1. The Labute approximate surface area is 102 Å². The molecule has 0 saturated carbocycles. The second-order valence-corrected chi connectivity index (χ2v) is 4.46. The average Bonchev–Trinajstić information content (AvgIpc) is 2.28. The highest BCUT2D eigenvalue weighted by Crippen LogP contribution is 2.02. The summed E-state index contributed by atoms with van der Waals surface area (Å²) >= 11 is 0. The van der Waals surface area contributed by atoms with Crippen molar-refractivity contribution in [3.63, 3.8) is 0 Å². The van der Waals surface area contributed by atoms with Crippen molar-refractivity contribution in [1.82, 2.24) is 15.1 Å². The van der Waals surface area contributed by atoms with Crippen LogP contribution < -0.4 is 5.32 Å². The van der Waals surface area contributed by atoms with Gasteiger partial charge in [0.1, 0.15) is 0 Å². The molecule has 1 N–H and O–H groups in total. The van der Waals surface area contributed by atoms with Crippen molar-refractivity contribution in [3.8, 4) is 0 Å². The first-order chi connectivity index (χ1) is 8.02. The lowest BCUT2D eigenvalue weighted by Gasteiger charge is -2.33. The first-order valence-electron chi connectivity index (χ1n) is 5.87. The van der Waals surface area contributed by atoms with Gasteiger partial charge in [0.05, 0.1) is 13.7 Å². The summed E-state index contributed by atoms with van der Waals surface area (Å²) < 4.78 is 4.65. The number of hydrogen-bond acceptors (Lipinski definition) is 4. The third kappa shape index (κ3) is 4.60. The highest BCUT2D eigenvalue weighted by atomic mass is 16.5. The lowest BCUT2D eigenvalue weighted by molar-refractivity contribution is -0.123. The van der Waals surface area contributed by atoms with E-state index in [9.17, 15) is 9.59 Å². The van der Waals surface area contributed by atoms with E-state index in [1.54, 1.807) is 4.90 Å². The Hall–Kier alpha value is -1.30. The van der Waals surface area contributed by atoms with Gasteiger partial charge in [-0.05, 0) is 13.8 Å². The van der Waals surface area contributed by atoms with E-state index >= 15 is 0 Å². The van der Waals surface area contributed by atoms with Gasteiger partial charge in [0, 0.05) is 32.2 Å². The zero-order chi connectivity index (χ0) is 12.8. The minimum Gasteiger partial charge on any atom is -0.453 e. The molecule has 1 heterocycles. The summed E-state index contributed by atoms with van der Waals surface area (Å²) in [5.41, 5.74) is 0. The summed E-state index contributed by atoms with van der Waals surface area (Å²) in [6, 6.07) is 0.166. The molecule has 1 aliphatic rings. The quantitative estimate of drug-likeness (QED) is 0.751. The molecule has 0 radical (unpaired) electrons. The molecule has 0 spiro atoms. The van der Waals surface area contributed by atoms with Gasteiger partial charge >= 0.3 is 6.09 Å². The third-order valence-electron chi connectivity index (χ3n) is 2.62. The maximum absolute atomic E-state index is 11.5. The minimum absolute atomic E-state index is 0.0338. The molecule has 17 heavy (non-hydrogen) atoms. The van der Waals surface area contributed by atoms with E-state index in [0.29, 0.717) is 32.7 Å². The summed E-state index contributed by atoms with van der Waals surface area (Å²) in [5, 5.41) is 2.85. The highest BCUT2D eigenvalue weighted by Gasteiger charge is 2.22. The molecule has 6 heteroatoms. The monoisotopic (exact) mass is 243 g/mol. The van der Waals surface area contributed by atoms with Crippen LogP contribution in [-0.2, 0) is 9.53 Å². The van der Waals surface area contributed by atoms with Crippen LogP contribution in [0.4, 0.5) is 4.79 Å². The van der Waals surface area contributed by atoms with Crippen LogP contribution in [0.15, 0.2) is 0 Å². The fraction of sp³-hybridized carbons (Fsp3) is 0.818.